The van der Waals surface area contributed by atoms with Crippen LogP contribution in [0.2, 0.25) is 0 Å². The Labute approximate surface area is 183 Å². The van der Waals surface area contributed by atoms with Gasteiger partial charge in [0.2, 0.25) is 0 Å². The number of nitrogens with one attached hydrogen (secondary N) is 1. The van der Waals surface area contributed by atoms with Crippen LogP contribution in [-0.4, -0.2) is 27.1 Å². The normalized spacial score (nSPS) is 10.8. The highest BCUT2D eigenvalue weighted by molar-refractivity contribution is 5.97. The average molecular weight is 430 g/mol. The predicted octanol–water partition coefficient (Wildman–Crippen LogP) is 2.08. The number of nitrogens with zero attached hydrogens (tertiary/aromatic N) is 3. The lowest BCUT2D eigenvalue weighted by Crippen LogP contribution is -2.39. The Kier molecular flexibility index (Phi) is 5.85. The van der Waals surface area contributed by atoms with Crippen molar-refractivity contribution in [1.82, 2.24) is 19.4 Å². The Balaban J connectivity index is 1.67. The summed E-state index contributed by atoms with van der Waals surface area (Å²) in [5, 5.41) is 3.14. The maximum Gasteiger partial charge on any atom is 0.331 e. The van der Waals surface area contributed by atoms with Gasteiger partial charge in [-0.2, -0.15) is 0 Å². The van der Waals surface area contributed by atoms with Gasteiger partial charge in [0.1, 0.15) is 5.75 Å². The maximum absolute atomic E-state index is 13.2. The summed E-state index contributed by atoms with van der Waals surface area (Å²) in [5.41, 5.74) is 1.65. The Hall–Kier alpha value is -4.20. The first-order valence-corrected chi connectivity index (χ1v) is 10.0. The summed E-state index contributed by atoms with van der Waals surface area (Å²) >= 11 is 0. The zero-order chi connectivity index (χ0) is 22.7. The van der Waals surface area contributed by atoms with Crippen LogP contribution in [0.3, 0.4) is 0 Å². The highest BCUT2D eigenvalue weighted by Crippen LogP contribution is 2.14. The van der Waals surface area contributed by atoms with Gasteiger partial charge in [-0.1, -0.05) is 12.1 Å². The van der Waals surface area contributed by atoms with Crippen molar-refractivity contribution in [2.24, 2.45) is 7.05 Å². The number of benzene rings is 2. The molecule has 0 saturated carbocycles. The van der Waals surface area contributed by atoms with E-state index in [1.54, 1.807) is 62.9 Å². The fourth-order valence-electron chi connectivity index (χ4n) is 3.50. The Morgan fingerprint density at radius 2 is 1.72 bits per heavy atom. The van der Waals surface area contributed by atoms with Crippen molar-refractivity contribution < 1.29 is 9.53 Å². The molecule has 0 aliphatic rings. The lowest BCUT2D eigenvalue weighted by molar-refractivity contribution is 0.0951. The first-order valence-electron chi connectivity index (χ1n) is 10.0. The monoisotopic (exact) mass is 430 g/mol. The lowest BCUT2D eigenvalue weighted by Gasteiger charge is -2.12. The van der Waals surface area contributed by atoms with Crippen molar-refractivity contribution in [3.05, 3.63) is 105 Å². The number of methoxy groups -OCH3 is 1. The van der Waals surface area contributed by atoms with Gasteiger partial charge in [-0.25, -0.2) is 4.79 Å². The fraction of sp³-hybridized carbons (Fsp3) is 0.167. The highest BCUT2D eigenvalue weighted by Gasteiger charge is 2.14. The minimum absolute atomic E-state index is 0.115. The van der Waals surface area contributed by atoms with Gasteiger partial charge in [0.05, 0.1) is 24.6 Å². The summed E-state index contributed by atoms with van der Waals surface area (Å²) in [7, 11) is 3.18. The molecular weight excluding hydrogens is 408 g/mol. The quantitative estimate of drug-likeness (QED) is 0.505. The largest absolute Gasteiger partial charge is 0.497 e. The first-order chi connectivity index (χ1) is 15.5. The van der Waals surface area contributed by atoms with E-state index >= 15 is 0 Å². The van der Waals surface area contributed by atoms with Crippen LogP contribution in [-0.2, 0) is 20.1 Å². The number of amides is 1. The number of fused-ring (bicyclic) bond motifs is 1. The molecule has 2 heterocycles. The molecule has 8 heteroatoms. The van der Waals surface area contributed by atoms with Crippen LogP contribution in [0.15, 0.2) is 76.6 Å². The second-order valence-corrected chi connectivity index (χ2v) is 7.35. The van der Waals surface area contributed by atoms with Crippen molar-refractivity contribution in [1.29, 1.82) is 0 Å². The number of rotatable bonds is 6. The number of carbonyl (C=O) groups is 1. The minimum atomic E-state index is -0.442. The standard InChI is InChI=1S/C24H22N4O4/c1-27-21-8-5-18(22(29)26-14-16-9-11-25-12-10-16)13-20(21)23(30)28(24(27)31)15-17-3-6-19(32-2)7-4-17/h3-13H,14-15H2,1-2H3,(H,26,29). The molecule has 2 aromatic heterocycles. The van der Waals surface area contributed by atoms with Gasteiger partial charge in [-0.3, -0.25) is 23.7 Å². The molecule has 0 aliphatic carbocycles. The van der Waals surface area contributed by atoms with Crippen LogP contribution in [0.1, 0.15) is 21.5 Å². The third-order valence-electron chi connectivity index (χ3n) is 5.32. The third-order valence-corrected chi connectivity index (χ3v) is 5.32. The van der Waals surface area contributed by atoms with E-state index in [0.717, 1.165) is 11.1 Å². The molecule has 0 radical (unpaired) electrons. The second-order valence-electron chi connectivity index (χ2n) is 7.35. The number of ether oxygens (including phenoxy) is 1. The molecule has 32 heavy (non-hydrogen) atoms. The van der Waals surface area contributed by atoms with Crippen LogP contribution < -0.4 is 21.3 Å². The Bertz CT molecular complexity index is 1390. The number of hydrogen-bond acceptors (Lipinski definition) is 5. The molecule has 4 rings (SSSR count). The van der Waals surface area contributed by atoms with Crippen molar-refractivity contribution in [2.45, 2.75) is 13.1 Å². The molecule has 0 unspecified atom stereocenters. The number of aromatic nitrogens is 3. The Morgan fingerprint density at radius 1 is 1.00 bits per heavy atom. The SMILES string of the molecule is COc1ccc(Cn2c(=O)c3cc(C(=O)NCc4ccncc4)ccc3n(C)c2=O)cc1. The summed E-state index contributed by atoms with van der Waals surface area (Å²) in [4.78, 5) is 42.6. The van der Waals surface area contributed by atoms with E-state index in [-0.39, 0.29) is 12.5 Å². The average Bonchev–Trinajstić information content (AvgIpc) is 2.84. The number of hydrogen-bond donors (Lipinski definition) is 1. The molecule has 0 bridgehead atoms. The summed E-state index contributed by atoms with van der Waals surface area (Å²) in [6, 6.07) is 15.5. The fourth-order valence-corrected chi connectivity index (χ4v) is 3.50. The topological polar surface area (TPSA) is 95.2 Å². The molecule has 0 atom stereocenters. The zero-order valence-electron chi connectivity index (χ0n) is 17.7. The van der Waals surface area contributed by atoms with E-state index in [0.29, 0.717) is 28.8 Å². The molecular formula is C24H22N4O4. The molecule has 162 valence electrons. The van der Waals surface area contributed by atoms with Gasteiger partial charge in [0, 0.05) is 31.5 Å². The van der Waals surface area contributed by atoms with E-state index in [1.807, 2.05) is 12.1 Å². The summed E-state index contributed by atoms with van der Waals surface area (Å²) in [6.07, 6.45) is 3.31. The number of pyridine rings is 1. The maximum atomic E-state index is 13.2. The summed E-state index contributed by atoms with van der Waals surface area (Å²) < 4.78 is 7.74. The molecule has 0 aliphatic heterocycles. The molecule has 4 aromatic rings. The highest BCUT2D eigenvalue weighted by atomic mass is 16.5. The van der Waals surface area contributed by atoms with Gasteiger partial charge in [-0.15, -0.1) is 0 Å². The van der Waals surface area contributed by atoms with E-state index in [2.05, 4.69) is 10.3 Å². The van der Waals surface area contributed by atoms with Crippen LogP contribution in [0.4, 0.5) is 0 Å². The zero-order valence-corrected chi connectivity index (χ0v) is 17.7. The molecule has 0 fully saturated rings. The molecule has 8 nitrogen and oxygen atoms in total. The molecule has 0 spiro atoms. The van der Waals surface area contributed by atoms with E-state index < -0.39 is 11.2 Å². The van der Waals surface area contributed by atoms with Gasteiger partial charge in [0.15, 0.2) is 0 Å². The van der Waals surface area contributed by atoms with Crippen molar-refractivity contribution >= 4 is 16.8 Å². The van der Waals surface area contributed by atoms with Crippen LogP contribution >= 0.6 is 0 Å². The van der Waals surface area contributed by atoms with Crippen molar-refractivity contribution in [3.63, 3.8) is 0 Å². The van der Waals surface area contributed by atoms with Gasteiger partial charge in [0.25, 0.3) is 11.5 Å². The number of aryl methyl sites for hydroxylation is 1. The molecule has 2 aromatic carbocycles. The van der Waals surface area contributed by atoms with E-state index in [4.69, 9.17) is 4.74 Å². The molecule has 0 saturated heterocycles. The molecule has 1 N–H and O–H groups in total. The summed E-state index contributed by atoms with van der Waals surface area (Å²) in [6.45, 7) is 0.457. The van der Waals surface area contributed by atoms with Crippen molar-refractivity contribution in [3.8, 4) is 5.75 Å². The van der Waals surface area contributed by atoms with Gasteiger partial charge in [-0.05, 0) is 53.6 Å². The number of carbonyl (C=O) groups excluding carboxylic acids is 1. The Morgan fingerprint density at radius 3 is 2.41 bits per heavy atom. The van der Waals surface area contributed by atoms with Crippen LogP contribution in [0.25, 0.3) is 10.9 Å². The smallest absolute Gasteiger partial charge is 0.331 e. The van der Waals surface area contributed by atoms with Crippen molar-refractivity contribution in [2.75, 3.05) is 7.11 Å². The van der Waals surface area contributed by atoms with Gasteiger partial charge >= 0.3 is 5.69 Å². The summed E-state index contributed by atoms with van der Waals surface area (Å²) in [5.74, 6) is 0.383. The third kappa shape index (κ3) is 4.15. The minimum Gasteiger partial charge on any atom is -0.497 e. The van der Waals surface area contributed by atoms with Crippen LogP contribution in [0, 0.1) is 0 Å². The van der Waals surface area contributed by atoms with Gasteiger partial charge < -0.3 is 10.1 Å². The van der Waals surface area contributed by atoms with E-state index in [1.165, 1.54) is 15.2 Å². The second kappa shape index (κ2) is 8.89. The lowest BCUT2D eigenvalue weighted by atomic mass is 10.1. The first kappa shape index (κ1) is 21.0. The van der Waals surface area contributed by atoms with Crippen LogP contribution in [0.5, 0.6) is 5.75 Å². The molecule has 1 amide bonds. The van der Waals surface area contributed by atoms with E-state index in [9.17, 15) is 14.4 Å². The predicted molar refractivity (Wildman–Crippen MR) is 121 cm³/mol.